The van der Waals surface area contributed by atoms with Gasteiger partial charge in [-0.25, -0.2) is 8.78 Å². The first-order chi connectivity index (χ1) is 16.0. The van der Waals surface area contributed by atoms with Crippen LogP contribution in [-0.2, 0) is 10.1 Å². The highest BCUT2D eigenvalue weighted by Crippen LogP contribution is 2.27. The average molecular weight is 519 g/mol. The molecular weight excluding hydrogens is 472 g/mol. The summed E-state index contributed by atoms with van der Waals surface area (Å²) in [6.45, 7) is 4.61. The summed E-state index contributed by atoms with van der Waals surface area (Å²) in [5, 5.41) is -5.37. The second-order valence-corrected chi connectivity index (χ2v) is 10.6. The largest absolute Gasteiger partial charge is 0.428 e. The van der Waals surface area contributed by atoms with Gasteiger partial charge in [0.25, 0.3) is 0 Å². The minimum atomic E-state index is -5.98. The molecule has 0 amide bonds. The minimum Gasteiger partial charge on any atom is -0.362 e. The molecular formula is C24H46F4N2O3S. The fraction of sp³-hybridized carbons (Fsp3) is 0.917. The molecule has 0 atom stereocenters. The van der Waals surface area contributed by atoms with E-state index >= 15 is 0 Å². The van der Waals surface area contributed by atoms with E-state index in [1.165, 1.54) is 109 Å². The predicted molar refractivity (Wildman–Crippen MR) is 131 cm³/mol. The summed E-state index contributed by atoms with van der Waals surface area (Å²) >= 11 is 0. The molecule has 0 unspecified atom stereocenters. The topological polar surface area (TPSA) is 60.9 Å². The number of rotatable bonds is 19. The summed E-state index contributed by atoms with van der Waals surface area (Å²) in [5.41, 5.74) is 0. The van der Waals surface area contributed by atoms with Crippen LogP contribution in [0.2, 0.25) is 0 Å². The lowest BCUT2D eigenvalue weighted by molar-refractivity contribution is -0.0687. The van der Waals surface area contributed by atoms with E-state index in [9.17, 15) is 26.0 Å². The van der Waals surface area contributed by atoms with Gasteiger partial charge in [0.1, 0.15) is 0 Å². The van der Waals surface area contributed by atoms with Crippen molar-refractivity contribution in [1.82, 2.24) is 9.80 Å². The molecule has 0 radical (unpaired) electrons. The number of hydrogen-bond donors (Lipinski definition) is 1. The number of unbranched alkanes of at least 4 members (excludes halogenated alkanes) is 15. The van der Waals surface area contributed by atoms with Crippen LogP contribution in [0.5, 0.6) is 0 Å². The van der Waals surface area contributed by atoms with Crippen LogP contribution in [0.15, 0.2) is 12.4 Å². The van der Waals surface area contributed by atoms with Crippen molar-refractivity contribution in [2.24, 2.45) is 0 Å². The summed E-state index contributed by atoms with van der Waals surface area (Å²) in [6.07, 6.45) is 23.2. The van der Waals surface area contributed by atoms with Gasteiger partial charge in [-0.05, 0) is 6.42 Å². The van der Waals surface area contributed by atoms with Crippen LogP contribution in [0.25, 0.3) is 0 Å². The highest BCUT2D eigenvalue weighted by Gasteiger charge is 2.53. The third-order valence-corrected chi connectivity index (χ3v) is 6.70. The Balaban J connectivity index is 0.000000916. The second kappa shape index (κ2) is 19.2. The number of halogens is 4. The Bertz CT molecular complexity index is 619. The van der Waals surface area contributed by atoms with Crippen molar-refractivity contribution >= 4 is 10.1 Å². The van der Waals surface area contributed by atoms with Crippen molar-refractivity contribution in [2.45, 2.75) is 121 Å². The van der Waals surface area contributed by atoms with Crippen LogP contribution >= 0.6 is 0 Å². The molecule has 0 fully saturated rings. The molecule has 0 aromatic rings. The Kier molecular flexibility index (Phi) is 18.6. The van der Waals surface area contributed by atoms with Crippen molar-refractivity contribution in [3.8, 4) is 0 Å². The van der Waals surface area contributed by atoms with Crippen molar-refractivity contribution in [3.63, 3.8) is 0 Å². The molecule has 0 aromatic heterocycles. The molecule has 10 heteroatoms. The maximum atomic E-state index is 11.5. The Morgan fingerprint density at radius 2 is 1.18 bits per heavy atom. The molecule has 0 saturated carbocycles. The van der Waals surface area contributed by atoms with Crippen molar-refractivity contribution in [3.05, 3.63) is 12.4 Å². The third-order valence-electron chi connectivity index (χ3n) is 5.83. The summed E-state index contributed by atoms with van der Waals surface area (Å²) in [7, 11) is -3.84. The monoisotopic (exact) mass is 518 g/mol. The van der Waals surface area contributed by atoms with Gasteiger partial charge in [-0.1, -0.05) is 103 Å². The predicted octanol–water partition coefficient (Wildman–Crippen LogP) is 7.66. The average Bonchev–Trinajstić information content (AvgIpc) is 3.18. The summed E-state index contributed by atoms with van der Waals surface area (Å²) in [6, 6.07) is 0. The highest BCUT2D eigenvalue weighted by atomic mass is 32.2. The van der Waals surface area contributed by atoms with E-state index in [4.69, 9.17) is 4.55 Å². The molecule has 0 aromatic carbocycles. The lowest BCUT2D eigenvalue weighted by Gasteiger charge is -2.17. The van der Waals surface area contributed by atoms with Crippen molar-refractivity contribution in [1.29, 1.82) is 0 Å². The second-order valence-electron chi connectivity index (χ2n) is 9.15. The first kappa shape index (κ1) is 33.0. The van der Waals surface area contributed by atoms with Gasteiger partial charge in [0, 0.05) is 26.0 Å². The zero-order chi connectivity index (χ0) is 25.9. The quantitative estimate of drug-likeness (QED) is 0.108. The summed E-state index contributed by atoms with van der Waals surface area (Å²) in [5.74, 6) is 0. The van der Waals surface area contributed by atoms with Crippen LogP contribution < -0.4 is 0 Å². The first-order valence-electron chi connectivity index (χ1n) is 12.8. The van der Waals surface area contributed by atoms with E-state index in [1.54, 1.807) is 0 Å². The van der Waals surface area contributed by atoms with Crippen molar-refractivity contribution < 1.29 is 30.5 Å². The third kappa shape index (κ3) is 16.6. The zero-order valence-corrected chi connectivity index (χ0v) is 21.9. The van der Waals surface area contributed by atoms with Crippen LogP contribution in [0, 0.1) is 0 Å². The number of alkyl halides is 4. The number of nitrogens with zero attached hydrogens (tertiary/aromatic N) is 2. The molecule has 1 aliphatic rings. The summed E-state index contributed by atoms with van der Waals surface area (Å²) < 4.78 is 71.3. The minimum absolute atomic E-state index is 1.08. The van der Waals surface area contributed by atoms with E-state index < -0.39 is 21.8 Å². The fourth-order valence-electron chi connectivity index (χ4n) is 3.71. The van der Waals surface area contributed by atoms with Crippen molar-refractivity contribution in [2.75, 3.05) is 20.3 Å². The smallest absolute Gasteiger partial charge is 0.362 e. The van der Waals surface area contributed by atoms with E-state index in [2.05, 4.69) is 36.2 Å². The summed E-state index contributed by atoms with van der Waals surface area (Å²) in [4.78, 5) is 4.66. The van der Waals surface area contributed by atoms with Gasteiger partial charge >= 0.3 is 21.8 Å². The molecule has 0 spiro atoms. The SMILES string of the molecule is CCCCCCCCCCCCCCCCCCN1C=CN(C)C1.O=S(=O)(O)C(F)(F)C(F)F. The molecule has 1 heterocycles. The molecule has 0 saturated heterocycles. The lowest BCUT2D eigenvalue weighted by Crippen LogP contribution is -2.35. The fourth-order valence-corrected chi connectivity index (χ4v) is 3.93. The lowest BCUT2D eigenvalue weighted by atomic mass is 10.0. The Morgan fingerprint density at radius 1 is 0.794 bits per heavy atom. The maximum Gasteiger partial charge on any atom is 0.428 e. The van der Waals surface area contributed by atoms with E-state index in [-0.39, 0.29) is 0 Å². The van der Waals surface area contributed by atoms with E-state index in [1.807, 2.05) is 0 Å². The Morgan fingerprint density at radius 3 is 1.44 bits per heavy atom. The number of hydrogen-bond acceptors (Lipinski definition) is 4. The van der Waals surface area contributed by atoms with Crippen LogP contribution in [0.3, 0.4) is 0 Å². The van der Waals surface area contributed by atoms with Crippen LogP contribution in [-0.4, -0.2) is 54.7 Å². The molecule has 1 N–H and O–H groups in total. The molecule has 204 valence electrons. The normalized spacial score (nSPS) is 14.1. The van der Waals surface area contributed by atoms with Gasteiger partial charge in [-0.2, -0.15) is 17.2 Å². The van der Waals surface area contributed by atoms with E-state index in [0.717, 1.165) is 6.67 Å². The standard InChI is InChI=1S/C22H44N2.C2H2F4O3S/c1-3-4-5-6-7-8-9-10-11-12-13-14-15-16-17-18-19-24-21-20-23(2)22-24;3-1(4)2(5,6)10(7,8)9/h20-21H,3-19,22H2,1-2H3;1H,(H,7,8,9). The highest BCUT2D eigenvalue weighted by molar-refractivity contribution is 7.86. The van der Waals surface area contributed by atoms with Gasteiger partial charge in [0.2, 0.25) is 0 Å². The molecule has 34 heavy (non-hydrogen) atoms. The maximum absolute atomic E-state index is 11.5. The van der Waals surface area contributed by atoms with E-state index in [0.29, 0.717) is 0 Å². The van der Waals surface area contributed by atoms with Crippen LogP contribution in [0.1, 0.15) is 110 Å². The Labute approximate surface area is 204 Å². The molecule has 1 aliphatic heterocycles. The van der Waals surface area contributed by atoms with Crippen LogP contribution in [0.4, 0.5) is 17.6 Å². The first-order valence-corrected chi connectivity index (χ1v) is 14.2. The molecule has 1 rings (SSSR count). The molecule has 5 nitrogen and oxygen atoms in total. The zero-order valence-electron chi connectivity index (χ0n) is 21.0. The van der Waals surface area contributed by atoms with Gasteiger partial charge < -0.3 is 9.80 Å². The van der Waals surface area contributed by atoms with Gasteiger partial charge in [0.05, 0.1) is 6.67 Å². The van der Waals surface area contributed by atoms with Gasteiger partial charge in [0.15, 0.2) is 0 Å². The Hall–Kier alpha value is -1.03. The molecule has 0 aliphatic carbocycles. The van der Waals surface area contributed by atoms with Gasteiger partial charge in [-0.15, -0.1) is 0 Å². The van der Waals surface area contributed by atoms with Gasteiger partial charge in [-0.3, -0.25) is 4.55 Å². The molecule has 0 bridgehead atoms.